The Morgan fingerprint density at radius 2 is 0.925 bits per heavy atom. The SMILES string of the molecule is CCCCCCCCCCCCCCCCCCN(C(=O)CCCCCCCCCCCCCCCCC)[C@@H]1O[C@H](CO)[C@@H](O)[C@H](O)[C@@H]1NC(=O)CN. The summed E-state index contributed by atoms with van der Waals surface area (Å²) >= 11 is 0. The van der Waals surface area contributed by atoms with E-state index >= 15 is 0 Å². The summed E-state index contributed by atoms with van der Waals surface area (Å²) < 4.78 is 6.06. The van der Waals surface area contributed by atoms with Crippen LogP contribution < -0.4 is 11.1 Å². The van der Waals surface area contributed by atoms with Crippen molar-refractivity contribution >= 4 is 11.8 Å². The third-order valence-corrected chi connectivity index (χ3v) is 11.3. The number of rotatable bonds is 37. The van der Waals surface area contributed by atoms with Crippen LogP contribution in [0.25, 0.3) is 0 Å². The van der Waals surface area contributed by atoms with Crippen LogP contribution in [0.1, 0.15) is 219 Å². The molecule has 0 spiro atoms. The lowest BCUT2D eigenvalue weighted by Gasteiger charge is -2.46. The van der Waals surface area contributed by atoms with Gasteiger partial charge >= 0.3 is 0 Å². The van der Waals surface area contributed by atoms with Gasteiger partial charge in [-0.15, -0.1) is 0 Å². The molecule has 1 fully saturated rings. The zero-order valence-corrected chi connectivity index (χ0v) is 34.7. The summed E-state index contributed by atoms with van der Waals surface area (Å²) in [6, 6.07) is -1.05. The second-order valence-electron chi connectivity index (χ2n) is 16.1. The number of nitrogens with two attached hydrogens (primary N) is 1. The van der Waals surface area contributed by atoms with E-state index in [1.807, 2.05) is 0 Å². The first-order valence-electron chi connectivity index (χ1n) is 22.8. The Balaban J connectivity index is 2.48. The van der Waals surface area contributed by atoms with Crippen LogP contribution in [0.2, 0.25) is 0 Å². The zero-order chi connectivity index (χ0) is 38.8. The molecule has 1 heterocycles. The third-order valence-electron chi connectivity index (χ3n) is 11.3. The van der Waals surface area contributed by atoms with Crippen molar-refractivity contribution in [2.45, 2.75) is 250 Å². The summed E-state index contributed by atoms with van der Waals surface area (Å²) in [6.07, 6.45) is 34.5. The van der Waals surface area contributed by atoms with Gasteiger partial charge in [-0.3, -0.25) is 9.59 Å². The molecule has 9 heteroatoms. The molecule has 53 heavy (non-hydrogen) atoms. The Bertz CT molecular complexity index is 848. The third kappa shape index (κ3) is 24.8. The largest absolute Gasteiger partial charge is 0.394 e. The molecular formula is C44H87N3O6. The normalized spacial score (nSPS) is 20.2. The van der Waals surface area contributed by atoms with Gasteiger partial charge in [0, 0.05) is 13.0 Å². The Morgan fingerprint density at radius 3 is 1.28 bits per heavy atom. The topological polar surface area (TPSA) is 145 Å². The van der Waals surface area contributed by atoms with E-state index in [1.165, 1.54) is 161 Å². The number of aliphatic hydroxyl groups excluding tert-OH is 3. The van der Waals surface area contributed by atoms with E-state index in [0.717, 1.165) is 38.5 Å². The lowest BCUT2D eigenvalue weighted by Crippen LogP contribution is -2.69. The number of ether oxygens (including phenoxy) is 1. The van der Waals surface area contributed by atoms with E-state index in [0.29, 0.717) is 13.0 Å². The quantitative estimate of drug-likeness (QED) is 0.0398. The van der Waals surface area contributed by atoms with Gasteiger partial charge in [0.05, 0.1) is 13.2 Å². The fourth-order valence-electron chi connectivity index (χ4n) is 7.78. The minimum atomic E-state index is -1.41. The lowest BCUT2D eigenvalue weighted by atomic mass is 9.94. The average molecular weight is 754 g/mol. The van der Waals surface area contributed by atoms with E-state index in [1.54, 1.807) is 4.90 Å². The van der Waals surface area contributed by atoms with E-state index in [-0.39, 0.29) is 12.5 Å². The number of carbonyl (C=O) groups excluding carboxylic acids is 2. The number of aliphatic hydroxyl groups is 3. The zero-order valence-electron chi connectivity index (χ0n) is 34.7. The molecule has 0 bridgehead atoms. The maximum Gasteiger partial charge on any atom is 0.234 e. The van der Waals surface area contributed by atoms with Crippen LogP contribution in [0.4, 0.5) is 0 Å². The van der Waals surface area contributed by atoms with Gasteiger partial charge in [-0.25, -0.2) is 0 Å². The number of hydrogen-bond acceptors (Lipinski definition) is 7. The van der Waals surface area contributed by atoms with Crippen LogP contribution in [0, 0.1) is 0 Å². The highest BCUT2D eigenvalue weighted by atomic mass is 16.5. The molecule has 0 aliphatic carbocycles. The van der Waals surface area contributed by atoms with Crippen LogP contribution >= 0.6 is 0 Å². The summed E-state index contributed by atoms with van der Waals surface area (Å²) in [6.45, 7) is 4.16. The van der Waals surface area contributed by atoms with Crippen molar-refractivity contribution in [1.29, 1.82) is 0 Å². The highest BCUT2D eigenvalue weighted by Gasteiger charge is 2.48. The van der Waals surface area contributed by atoms with E-state index in [9.17, 15) is 24.9 Å². The molecule has 5 atom stereocenters. The first kappa shape index (κ1) is 49.8. The molecule has 1 saturated heterocycles. The number of carbonyl (C=O) groups is 2. The van der Waals surface area contributed by atoms with Crippen LogP contribution in [0.3, 0.4) is 0 Å². The second kappa shape index (κ2) is 35.2. The van der Waals surface area contributed by atoms with Crippen LogP contribution in [-0.4, -0.2) is 82.3 Å². The number of amides is 2. The lowest BCUT2D eigenvalue weighted by molar-refractivity contribution is -0.231. The summed E-state index contributed by atoms with van der Waals surface area (Å²) in [7, 11) is 0. The van der Waals surface area contributed by atoms with Gasteiger partial charge in [0.1, 0.15) is 24.4 Å². The van der Waals surface area contributed by atoms with E-state index < -0.39 is 43.1 Å². The van der Waals surface area contributed by atoms with Crippen molar-refractivity contribution < 1.29 is 29.6 Å². The molecule has 9 nitrogen and oxygen atoms in total. The second-order valence-corrected chi connectivity index (χ2v) is 16.1. The van der Waals surface area contributed by atoms with Crippen molar-refractivity contribution in [3.63, 3.8) is 0 Å². The van der Waals surface area contributed by atoms with Gasteiger partial charge in [0.25, 0.3) is 0 Å². The van der Waals surface area contributed by atoms with Crippen LogP contribution in [0.5, 0.6) is 0 Å². The minimum absolute atomic E-state index is 0.0852. The summed E-state index contributed by atoms with van der Waals surface area (Å²) in [5.74, 6) is -0.590. The van der Waals surface area contributed by atoms with Crippen LogP contribution in [0.15, 0.2) is 0 Å². The first-order chi connectivity index (χ1) is 25.9. The standard InChI is InChI=1S/C44H87N3O6/c1-3-5-7-9-11-13-15-17-19-21-23-25-27-29-31-33-35-47(44-41(46-39(49)36-45)43(52)42(51)38(37-48)53-44)40(50)34-32-30-28-26-24-22-20-18-16-14-12-10-8-6-4-2/h38,41-44,48,51-52H,3-37,45H2,1-2H3,(H,46,49)/t38-,41+,42-,43-,44-/m1/s1. The van der Waals surface area contributed by atoms with Crippen molar-refractivity contribution in [3.8, 4) is 0 Å². The Labute approximate surface area is 326 Å². The molecule has 1 aliphatic rings. The van der Waals surface area contributed by atoms with Gasteiger partial charge in [-0.1, -0.05) is 200 Å². The molecule has 1 rings (SSSR count). The molecule has 0 aromatic heterocycles. The first-order valence-corrected chi connectivity index (χ1v) is 22.8. The number of nitrogens with zero attached hydrogens (tertiary/aromatic N) is 1. The fraction of sp³-hybridized carbons (Fsp3) is 0.955. The highest BCUT2D eigenvalue weighted by Crippen LogP contribution is 2.26. The molecule has 0 aromatic rings. The summed E-state index contributed by atoms with van der Waals surface area (Å²) in [5, 5.41) is 34.2. The average Bonchev–Trinajstić information content (AvgIpc) is 3.16. The molecule has 0 unspecified atom stereocenters. The van der Waals surface area contributed by atoms with Gasteiger partial charge in [-0.05, 0) is 12.8 Å². The maximum atomic E-state index is 13.8. The van der Waals surface area contributed by atoms with Crippen molar-refractivity contribution in [1.82, 2.24) is 10.2 Å². The summed E-state index contributed by atoms with van der Waals surface area (Å²) in [4.78, 5) is 27.7. The molecule has 6 N–H and O–H groups in total. The molecule has 0 radical (unpaired) electrons. The van der Waals surface area contributed by atoms with Gasteiger partial charge < -0.3 is 36.0 Å². The van der Waals surface area contributed by atoms with Crippen molar-refractivity contribution in [2.24, 2.45) is 5.73 Å². The smallest absolute Gasteiger partial charge is 0.234 e. The molecule has 314 valence electrons. The van der Waals surface area contributed by atoms with Gasteiger partial charge in [0.2, 0.25) is 11.8 Å². The Hall–Kier alpha value is -1.26. The van der Waals surface area contributed by atoms with Gasteiger partial charge in [0.15, 0.2) is 6.23 Å². The molecular weight excluding hydrogens is 666 g/mol. The predicted molar refractivity (Wildman–Crippen MR) is 220 cm³/mol. The fourth-order valence-corrected chi connectivity index (χ4v) is 7.78. The Kier molecular flexibility index (Phi) is 33.0. The number of hydrogen-bond donors (Lipinski definition) is 5. The van der Waals surface area contributed by atoms with E-state index in [4.69, 9.17) is 10.5 Å². The van der Waals surface area contributed by atoms with E-state index in [2.05, 4.69) is 19.2 Å². The van der Waals surface area contributed by atoms with Crippen molar-refractivity contribution in [2.75, 3.05) is 19.7 Å². The predicted octanol–water partition coefficient (Wildman–Crippen LogP) is 9.22. The maximum absolute atomic E-state index is 13.8. The monoisotopic (exact) mass is 754 g/mol. The highest BCUT2D eigenvalue weighted by molar-refractivity contribution is 5.79. The van der Waals surface area contributed by atoms with Crippen molar-refractivity contribution in [3.05, 3.63) is 0 Å². The molecule has 1 aliphatic heterocycles. The Morgan fingerprint density at radius 1 is 0.566 bits per heavy atom. The number of unbranched alkanes of at least 4 members (excludes halogenated alkanes) is 29. The molecule has 0 aromatic carbocycles. The number of nitrogens with one attached hydrogen (secondary N) is 1. The van der Waals surface area contributed by atoms with Gasteiger partial charge in [-0.2, -0.15) is 0 Å². The van der Waals surface area contributed by atoms with Crippen LogP contribution in [-0.2, 0) is 14.3 Å². The molecule has 0 saturated carbocycles. The molecule has 2 amide bonds. The minimum Gasteiger partial charge on any atom is -0.394 e. The summed E-state index contributed by atoms with van der Waals surface area (Å²) in [5.41, 5.74) is 5.56.